The van der Waals surface area contributed by atoms with Crippen molar-refractivity contribution in [2.45, 2.75) is 31.1 Å². The van der Waals surface area contributed by atoms with Gasteiger partial charge in [0.05, 0.1) is 4.90 Å². The van der Waals surface area contributed by atoms with E-state index < -0.39 is 10.0 Å². The quantitative estimate of drug-likeness (QED) is 0.787. The van der Waals surface area contributed by atoms with Gasteiger partial charge in [-0.15, -0.1) is 0 Å². The molecule has 0 unspecified atom stereocenters. The first-order valence-corrected chi connectivity index (χ1v) is 10.3. The average Bonchev–Trinajstić information content (AvgIpc) is 3.04. The monoisotopic (exact) mass is 379 g/mol. The molecule has 0 N–H and O–H groups in total. The van der Waals surface area contributed by atoms with Crippen molar-refractivity contribution in [1.82, 2.24) is 9.21 Å². The molecule has 142 valence electrons. The second-order valence-electron chi connectivity index (χ2n) is 7.12. The fourth-order valence-electron chi connectivity index (χ4n) is 3.72. The molecular weight excluding hydrogens is 354 g/mol. The highest BCUT2D eigenvalue weighted by Gasteiger charge is 2.33. The van der Waals surface area contributed by atoms with Crippen LogP contribution in [0, 0.1) is 5.92 Å². The van der Waals surface area contributed by atoms with Gasteiger partial charge in [0.2, 0.25) is 21.8 Å². The number of piperidine rings is 1. The predicted octanol–water partition coefficient (Wildman–Crippen LogP) is 1.08. The first-order chi connectivity index (χ1) is 12.2. The molecule has 2 aliphatic rings. The molecule has 0 radical (unpaired) electrons. The second kappa shape index (κ2) is 7.00. The van der Waals surface area contributed by atoms with Crippen LogP contribution < -0.4 is 4.90 Å². The average molecular weight is 379 g/mol. The molecule has 26 heavy (non-hydrogen) atoms. The molecule has 1 aromatic carbocycles. The minimum Gasteiger partial charge on any atom is -0.349 e. The van der Waals surface area contributed by atoms with Gasteiger partial charge in [0.1, 0.15) is 0 Å². The fourth-order valence-corrected chi connectivity index (χ4v) is 5.24. The molecule has 1 aromatic rings. The van der Waals surface area contributed by atoms with Crippen molar-refractivity contribution in [2.75, 3.05) is 38.6 Å². The summed E-state index contributed by atoms with van der Waals surface area (Å²) in [5, 5.41) is 0. The van der Waals surface area contributed by atoms with Gasteiger partial charge >= 0.3 is 0 Å². The number of sulfonamides is 1. The molecule has 1 fully saturated rings. The number of carbonyl (C=O) groups is 2. The maximum Gasteiger partial charge on any atom is 0.243 e. The van der Waals surface area contributed by atoms with Crippen molar-refractivity contribution in [3.63, 3.8) is 0 Å². The zero-order valence-electron chi connectivity index (χ0n) is 15.4. The van der Waals surface area contributed by atoms with Crippen molar-refractivity contribution in [3.8, 4) is 0 Å². The lowest BCUT2D eigenvalue weighted by Gasteiger charge is -2.31. The Morgan fingerprint density at radius 3 is 2.35 bits per heavy atom. The third kappa shape index (κ3) is 3.35. The van der Waals surface area contributed by atoms with E-state index in [1.165, 1.54) is 11.2 Å². The second-order valence-corrected chi connectivity index (χ2v) is 9.06. The topological polar surface area (TPSA) is 78.0 Å². The van der Waals surface area contributed by atoms with E-state index in [9.17, 15) is 18.0 Å². The lowest BCUT2D eigenvalue weighted by atomic mass is 9.97. The van der Waals surface area contributed by atoms with Crippen LogP contribution in [0.4, 0.5) is 5.69 Å². The lowest BCUT2D eigenvalue weighted by Crippen LogP contribution is -2.42. The number of hydrogen-bond donors (Lipinski definition) is 0. The smallest absolute Gasteiger partial charge is 0.243 e. The molecule has 1 saturated heterocycles. The Morgan fingerprint density at radius 1 is 1.12 bits per heavy atom. The summed E-state index contributed by atoms with van der Waals surface area (Å²) in [6, 6.07) is 4.98. The molecule has 7 nitrogen and oxygen atoms in total. The largest absolute Gasteiger partial charge is 0.349 e. The van der Waals surface area contributed by atoms with Crippen LogP contribution in [0.2, 0.25) is 0 Å². The van der Waals surface area contributed by atoms with Gasteiger partial charge in [-0.05, 0) is 43.0 Å². The summed E-state index contributed by atoms with van der Waals surface area (Å²) < 4.78 is 27.4. The Kier molecular flexibility index (Phi) is 5.07. The minimum atomic E-state index is -3.59. The van der Waals surface area contributed by atoms with E-state index in [1.54, 1.807) is 42.1 Å². The number of benzene rings is 1. The number of amides is 2. The van der Waals surface area contributed by atoms with Gasteiger partial charge in [0.15, 0.2) is 0 Å². The molecule has 2 amide bonds. The van der Waals surface area contributed by atoms with Gasteiger partial charge in [0.25, 0.3) is 0 Å². The summed E-state index contributed by atoms with van der Waals surface area (Å²) in [7, 11) is -0.141. The number of fused-ring (bicyclic) bond motifs is 1. The third-order valence-electron chi connectivity index (χ3n) is 5.21. The maximum absolute atomic E-state index is 13.0. The number of hydrogen-bond acceptors (Lipinski definition) is 4. The Hall–Kier alpha value is -1.93. The van der Waals surface area contributed by atoms with E-state index in [1.807, 2.05) is 0 Å². The Bertz CT molecular complexity index is 827. The predicted molar refractivity (Wildman–Crippen MR) is 98.3 cm³/mol. The van der Waals surface area contributed by atoms with Crippen molar-refractivity contribution < 1.29 is 18.0 Å². The van der Waals surface area contributed by atoms with Crippen molar-refractivity contribution in [2.24, 2.45) is 5.92 Å². The summed E-state index contributed by atoms with van der Waals surface area (Å²) in [6.45, 7) is 2.80. The minimum absolute atomic E-state index is 0.0352. The van der Waals surface area contributed by atoms with Crippen molar-refractivity contribution in [1.29, 1.82) is 0 Å². The van der Waals surface area contributed by atoms with Crippen LogP contribution in [0.15, 0.2) is 23.1 Å². The number of nitrogens with zero attached hydrogens (tertiary/aromatic N) is 3. The van der Waals surface area contributed by atoms with Crippen LogP contribution in [0.1, 0.15) is 25.3 Å². The normalized spacial score (nSPS) is 18.7. The third-order valence-corrected chi connectivity index (χ3v) is 7.10. The van der Waals surface area contributed by atoms with Crippen LogP contribution in [0.25, 0.3) is 0 Å². The fraction of sp³-hybridized carbons (Fsp3) is 0.556. The Labute approximate surface area is 154 Å². The van der Waals surface area contributed by atoms with Crippen LogP contribution in [0.5, 0.6) is 0 Å². The van der Waals surface area contributed by atoms with Crippen LogP contribution in [0.3, 0.4) is 0 Å². The van der Waals surface area contributed by atoms with E-state index in [-0.39, 0.29) is 22.6 Å². The first-order valence-electron chi connectivity index (χ1n) is 8.84. The molecule has 0 aromatic heterocycles. The SMILES string of the molecule is CC(=O)N1CCc2cc(S(=O)(=O)N3CCC(C(=O)N(C)C)CC3)ccc21. The number of rotatable bonds is 3. The summed E-state index contributed by atoms with van der Waals surface area (Å²) in [5.74, 6) is -0.0866. The highest BCUT2D eigenvalue weighted by atomic mass is 32.2. The Morgan fingerprint density at radius 2 is 1.77 bits per heavy atom. The zero-order chi connectivity index (χ0) is 19.1. The summed E-state index contributed by atoms with van der Waals surface area (Å²) in [5.41, 5.74) is 1.69. The van der Waals surface area contributed by atoms with Crippen molar-refractivity contribution >= 4 is 27.5 Å². The van der Waals surface area contributed by atoms with Gasteiger partial charge in [-0.3, -0.25) is 9.59 Å². The van der Waals surface area contributed by atoms with Crippen molar-refractivity contribution in [3.05, 3.63) is 23.8 Å². The summed E-state index contributed by atoms with van der Waals surface area (Å²) in [6.07, 6.45) is 1.75. The number of anilines is 1. The van der Waals surface area contributed by atoms with E-state index in [4.69, 9.17) is 0 Å². The molecular formula is C18H25N3O4S. The Balaban J connectivity index is 1.76. The highest BCUT2D eigenvalue weighted by molar-refractivity contribution is 7.89. The van der Waals surface area contributed by atoms with Crippen LogP contribution in [-0.4, -0.2) is 63.2 Å². The molecule has 2 aliphatic heterocycles. The maximum atomic E-state index is 13.0. The molecule has 0 atom stereocenters. The molecule has 3 rings (SSSR count). The molecule has 0 spiro atoms. The standard InChI is InChI=1S/C18H25N3O4S/c1-13(22)21-11-8-15-12-16(4-5-17(15)21)26(24,25)20-9-6-14(7-10-20)18(23)19(2)3/h4-5,12,14H,6-11H2,1-3H3. The lowest BCUT2D eigenvalue weighted by molar-refractivity contribution is -0.134. The van der Waals surface area contributed by atoms with Gasteiger partial charge < -0.3 is 9.80 Å². The molecule has 0 aliphatic carbocycles. The van der Waals surface area contributed by atoms with E-state index in [0.29, 0.717) is 38.9 Å². The molecule has 2 heterocycles. The summed E-state index contributed by atoms with van der Waals surface area (Å²) >= 11 is 0. The van der Waals surface area contributed by atoms with E-state index in [2.05, 4.69) is 0 Å². The molecule has 8 heteroatoms. The summed E-state index contributed by atoms with van der Waals surface area (Å²) in [4.78, 5) is 27.2. The van der Waals surface area contributed by atoms with E-state index in [0.717, 1.165) is 11.3 Å². The van der Waals surface area contributed by atoms with Gasteiger partial charge in [-0.1, -0.05) is 0 Å². The number of carbonyl (C=O) groups excluding carboxylic acids is 2. The van der Waals surface area contributed by atoms with Crippen LogP contribution in [-0.2, 0) is 26.0 Å². The van der Waals surface area contributed by atoms with Gasteiger partial charge in [0, 0.05) is 52.3 Å². The van der Waals surface area contributed by atoms with Gasteiger partial charge in [-0.25, -0.2) is 8.42 Å². The zero-order valence-corrected chi connectivity index (χ0v) is 16.3. The van der Waals surface area contributed by atoms with Gasteiger partial charge in [-0.2, -0.15) is 4.31 Å². The molecule has 0 bridgehead atoms. The van der Waals surface area contributed by atoms with Crippen LogP contribution >= 0.6 is 0 Å². The van der Waals surface area contributed by atoms with E-state index >= 15 is 0 Å². The highest BCUT2D eigenvalue weighted by Crippen LogP contribution is 2.32. The molecule has 0 saturated carbocycles. The first kappa shape index (κ1) is 18.8.